The second-order valence-corrected chi connectivity index (χ2v) is 5.20. The number of nitrogens with zero attached hydrogens (tertiary/aromatic N) is 2. The largest absolute Gasteiger partial charge is 0.395 e. The molecule has 2 aromatic rings. The van der Waals surface area contributed by atoms with Gasteiger partial charge in [0.15, 0.2) is 0 Å². The third kappa shape index (κ3) is 4.38. The SMILES string of the molecule is CC(NC(=O)c1ccc(C#CCCO)cn1)c1nccs1. The van der Waals surface area contributed by atoms with E-state index >= 15 is 0 Å². The summed E-state index contributed by atoms with van der Waals surface area (Å²) in [5.74, 6) is 5.42. The molecule has 5 nitrogen and oxygen atoms in total. The Balaban J connectivity index is 1.98. The van der Waals surface area contributed by atoms with Crippen molar-refractivity contribution in [3.63, 3.8) is 0 Å². The van der Waals surface area contributed by atoms with Crippen LogP contribution in [0.15, 0.2) is 29.9 Å². The van der Waals surface area contributed by atoms with Gasteiger partial charge in [-0.05, 0) is 19.1 Å². The van der Waals surface area contributed by atoms with E-state index in [4.69, 9.17) is 5.11 Å². The van der Waals surface area contributed by atoms with Gasteiger partial charge in [0.1, 0.15) is 10.7 Å². The minimum absolute atomic E-state index is 0.0373. The number of rotatable bonds is 4. The van der Waals surface area contributed by atoms with Crippen molar-refractivity contribution in [1.29, 1.82) is 0 Å². The predicted octanol–water partition coefficient (Wildman–Crippen LogP) is 1.76. The minimum Gasteiger partial charge on any atom is -0.395 e. The van der Waals surface area contributed by atoms with E-state index in [0.29, 0.717) is 17.7 Å². The van der Waals surface area contributed by atoms with Crippen LogP contribution in [-0.2, 0) is 0 Å². The van der Waals surface area contributed by atoms with Gasteiger partial charge in [0, 0.05) is 29.8 Å². The average Bonchev–Trinajstić information content (AvgIpc) is 3.02. The Morgan fingerprint density at radius 1 is 1.48 bits per heavy atom. The van der Waals surface area contributed by atoms with Crippen molar-refractivity contribution in [2.24, 2.45) is 0 Å². The van der Waals surface area contributed by atoms with Gasteiger partial charge in [0.25, 0.3) is 5.91 Å². The summed E-state index contributed by atoms with van der Waals surface area (Å²) in [6.07, 6.45) is 3.68. The molecular formula is C15H15N3O2S. The van der Waals surface area contributed by atoms with Crippen LogP contribution in [0.4, 0.5) is 0 Å². The molecule has 108 valence electrons. The van der Waals surface area contributed by atoms with Gasteiger partial charge in [-0.3, -0.25) is 4.79 Å². The number of pyridine rings is 1. The number of aliphatic hydroxyl groups excluding tert-OH is 1. The summed E-state index contributed by atoms with van der Waals surface area (Å²) in [7, 11) is 0. The molecule has 0 fully saturated rings. The monoisotopic (exact) mass is 301 g/mol. The first-order valence-corrected chi connectivity index (χ1v) is 7.34. The van der Waals surface area contributed by atoms with E-state index in [1.54, 1.807) is 24.5 Å². The topological polar surface area (TPSA) is 75.1 Å². The maximum atomic E-state index is 12.1. The molecule has 1 unspecified atom stereocenters. The van der Waals surface area contributed by atoms with Crippen LogP contribution in [0, 0.1) is 11.8 Å². The van der Waals surface area contributed by atoms with Gasteiger partial charge in [-0.25, -0.2) is 9.97 Å². The lowest BCUT2D eigenvalue weighted by Gasteiger charge is -2.10. The lowest BCUT2D eigenvalue weighted by atomic mass is 10.2. The van der Waals surface area contributed by atoms with E-state index in [-0.39, 0.29) is 18.6 Å². The van der Waals surface area contributed by atoms with E-state index < -0.39 is 0 Å². The Labute approximate surface area is 127 Å². The van der Waals surface area contributed by atoms with Gasteiger partial charge in [-0.1, -0.05) is 11.8 Å². The molecule has 0 saturated carbocycles. The number of aromatic nitrogens is 2. The summed E-state index contributed by atoms with van der Waals surface area (Å²) in [4.78, 5) is 20.3. The molecule has 0 spiro atoms. The fourth-order valence-electron chi connectivity index (χ4n) is 1.60. The summed E-state index contributed by atoms with van der Waals surface area (Å²) in [5.41, 5.74) is 1.05. The molecule has 2 aromatic heterocycles. The maximum Gasteiger partial charge on any atom is 0.270 e. The molecule has 6 heteroatoms. The van der Waals surface area contributed by atoms with Crippen LogP contribution in [0.5, 0.6) is 0 Å². The lowest BCUT2D eigenvalue weighted by molar-refractivity contribution is 0.0935. The van der Waals surface area contributed by atoms with E-state index in [1.807, 2.05) is 12.3 Å². The normalized spacial score (nSPS) is 11.3. The second-order valence-electron chi connectivity index (χ2n) is 4.27. The lowest BCUT2D eigenvalue weighted by Crippen LogP contribution is -2.27. The Morgan fingerprint density at radius 2 is 2.33 bits per heavy atom. The second kappa shape index (κ2) is 7.53. The molecular weight excluding hydrogens is 286 g/mol. The van der Waals surface area contributed by atoms with Crippen LogP contribution in [-0.4, -0.2) is 27.6 Å². The molecule has 2 N–H and O–H groups in total. The molecule has 0 bridgehead atoms. The van der Waals surface area contributed by atoms with Crippen LogP contribution >= 0.6 is 11.3 Å². The van der Waals surface area contributed by atoms with Crippen molar-refractivity contribution >= 4 is 17.2 Å². The molecule has 0 radical (unpaired) electrons. The highest BCUT2D eigenvalue weighted by Gasteiger charge is 2.13. The van der Waals surface area contributed by atoms with Gasteiger partial charge in [-0.15, -0.1) is 11.3 Å². The van der Waals surface area contributed by atoms with Crippen molar-refractivity contribution in [2.75, 3.05) is 6.61 Å². The Hall–Kier alpha value is -2.23. The summed E-state index contributed by atoms with van der Waals surface area (Å²) in [5, 5.41) is 14.2. The number of hydrogen-bond acceptors (Lipinski definition) is 5. The third-order valence-corrected chi connectivity index (χ3v) is 3.59. The van der Waals surface area contributed by atoms with Crippen molar-refractivity contribution in [3.8, 4) is 11.8 Å². The van der Waals surface area contributed by atoms with Gasteiger partial charge in [-0.2, -0.15) is 0 Å². The van der Waals surface area contributed by atoms with E-state index in [0.717, 1.165) is 5.01 Å². The van der Waals surface area contributed by atoms with Gasteiger partial charge in [0.05, 0.1) is 12.6 Å². The summed E-state index contributed by atoms with van der Waals surface area (Å²) >= 11 is 1.50. The molecule has 0 aliphatic heterocycles. The predicted molar refractivity (Wildman–Crippen MR) is 80.8 cm³/mol. The number of carbonyl (C=O) groups excluding carboxylic acids is 1. The molecule has 0 aliphatic rings. The first kappa shape index (κ1) is 15.2. The summed E-state index contributed by atoms with van der Waals surface area (Å²) in [6, 6.07) is 3.22. The van der Waals surface area contributed by atoms with Gasteiger partial charge >= 0.3 is 0 Å². The van der Waals surface area contributed by atoms with Crippen LogP contribution in [0.25, 0.3) is 0 Å². The highest BCUT2D eigenvalue weighted by atomic mass is 32.1. The molecule has 0 saturated heterocycles. The maximum absolute atomic E-state index is 12.1. The zero-order chi connectivity index (χ0) is 15.1. The Morgan fingerprint density at radius 3 is 2.95 bits per heavy atom. The fraction of sp³-hybridized carbons (Fsp3) is 0.267. The van der Waals surface area contributed by atoms with Crippen LogP contribution < -0.4 is 5.32 Å². The first-order valence-electron chi connectivity index (χ1n) is 6.46. The summed E-state index contributed by atoms with van der Waals surface area (Å²) < 4.78 is 0. The molecule has 0 aromatic carbocycles. The smallest absolute Gasteiger partial charge is 0.270 e. The number of nitrogens with one attached hydrogen (secondary N) is 1. The zero-order valence-electron chi connectivity index (χ0n) is 11.5. The quantitative estimate of drug-likeness (QED) is 0.844. The van der Waals surface area contributed by atoms with Crippen molar-refractivity contribution in [3.05, 3.63) is 46.2 Å². The van der Waals surface area contributed by atoms with Gasteiger partial charge < -0.3 is 10.4 Å². The summed E-state index contributed by atoms with van der Waals surface area (Å²) in [6.45, 7) is 1.92. The van der Waals surface area contributed by atoms with E-state index in [2.05, 4.69) is 27.1 Å². The van der Waals surface area contributed by atoms with Crippen molar-refractivity contribution < 1.29 is 9.90 Å². The number of hydrogen-bond donors (Lipinski definition) is 2. The Kier molecular flexibility index (Phi) is 5.43. The van der Waals surface area contributed by atoms with Gasteiger partial charge in [0.2, 0.25) is 0 Å². The molecule has 2 rings (SSSR count). The fourth-order valence-corrected chi connectivity index (χ4v) is 2.25. The molecule has 0 aliphatic carbocycles. The molecule has 2 heterocycles. The average molecular weight is 301 g/mol. The highest BCUT2D eigenvalue weighted by Crippen LogP contribution is 2.15. The van der Waals surface area contributed by atoms with Crippen LogP contribution in [0.1, 0.15) is 40.4 Å². The van der Waals surface area contributed by atoms with Crippen molar-refractivity contribution in [2.45, 2.75) is 19.4 Å². The zero-order valence-corrected chi connectivity index (χ0v) is 12.4. The third-order valence-electron chi connectivity index (χ3n) is 2.64. The van der Waals surface area contributed by atoms with Crippen LogP contribution in [0.3, 0.4) is 0 Å². The molecule has 1 amide bonds. The number of thiazole rings is 1. The van der Waals surface area contributed by atoms with E-state index in [1.165, 1.54) is 11.3 Å². The number of aliphatic hydroxyl groups is 1. The van der Waals surface area contributed by atoms with E-state index in [9.17, 15) is 4.79 Å². The van der Waals surface area contributed by atoms with Crippen LogP contribution in [0.2, 0.25) is 0 Å². The molecule has 1 atom stereocenters. The number of carbonyl (C=O) groups is 1. The Bertz CT molecular complexity index is 642. The highest BCUT2D eigenvalue weighted by molar-refractivity contribution is 7.09. The minimum atomic E-state index is -0.243. The first-order chi connectivity index (χ1) is 10.2. The molecule has 21 heavy (non-hydrogen) atoms. The van der Waals surface area contributed by atoms with Crippen molar-refractivity contribution in [1.82, 2.24) is 15.3 Å². The number of amides is 1. The standard InChI is InChI=1S/C15H15N3O2S/c1-11(15-16-7-9-21-15)18-14(20)13-6-5-12(10-17-13)4-2-3-8-19/h5-7,9-11,19H,3,8H2,1H3,(H,18,20).